The second-order valence-corrected chi connectivity index (χ2v) is 4.50. The molecule has 0 aliphatic carbocycles. The van der Waals surface area contributed by atoms with Crippen molar-refractivity contribution in [3.63, 3.8) is 0 Å². The molecule has 0 saturated heterocycles. The van der Waals surface area contributed by atoms with E-state index in [2.05, 4.69) is 10.6 Å². The third-order valence-corrected chi connectivity index (χ3v) is 2.76. The van der Waals surface area contributed by atoms with E-state index in [1.807, 2.05) is 37.6 Å². The van der Waals surface area contributed by atoms with Crippen molar-refractivity contribution in [2.45, 2.75) is 13.0 Å². The summed E-state index contributed by atoms with van der Waals surface area (Å²) in [5.74, 6) is 0.944. The summed E-state index contributed by atoms with van der Waals surface area (Å²) in [6.07, 6.45) is 2.57. The molecule has 0 heterocycles. The lowest BCUT2D eigenvalue weighted by molar-refractivity contribution is -0.115. The number of rotatable bonds is 6. The van der Waals surface area contributed by atoms with Gasteiger partial charge in [-0.1, -0.05) is 12.1 Å². The Balaban J connectivity index is 0.00000256. The number of thioether (sulfide) groups is 1. The molecule has 0 aromatic heterocycles. The Labute approximate surface area is 113 Å². The molecule has 0 aliphatic rings. The average Bonchev–Trinajstić information content (AvgIpc) is 2.29. The molecule has 0 atom stereocenters. The van der Waals surface area contributed by atoms with Crippen LogP contribution in [-0.2, 0) is 11.3 Å². The molecule has 0 saturated carbocycles. The third-order valence-electron chi connectivity index (χ3n) is 2.15. The van der Waals surface area contributed by atoms with Gasteiger partial charge < -0.3 is 10.6 Å². The van der Waals surface area contributed by atoms with Crippen LogP contribution >= 0.6 is 24.2 Å². The number of amides is 1. The molecule has 2 N–H and O–H groups in total. The lowest BCUT2D eigenvalue weighted by atomic mass is 10.2. The fourth-order valence-corrected chi connectivity index (χ4v) is 1.72. The highest BCUT2D eigenvalue weighted by atomic mass is 35.5. The van der Waals surface area contributed by atoms with Crippen molar-refractivity contribution >= 4 is 35.8 Å². The maximum absolute atomic E-state index is 11.4. The van der Waals surface area contributed by atoms with Crippen LogP contribution < -0.4 is 10.6 Å². The third kappa shape index (κ3) is 6.56. The van der Waals surface area contributed by atoms with Crippen molar-refractivity contribution in [3.05, 3.63) is 29.8 Å². The topological polar surface area (TPSA) is 41.1 Å². The lowest BCUT2D eigenvalue weighted by Gasteiger charge is -2.06. The largest absolute Gasteiger partial charge is 0.326 e. The Bertz CT molecular complexity index is 330. The molecule has 1 amide bonds. The fraction of sp³-hybridized carbons (Fsp3) is 0.417. The predicted octanol–water partition coefficient (Wildman–Crippen LogP) is 2.52. The molecule has 0 unspecified atom stereocenters. The summed E-state index contributed by atoms with van der Waals surface area (Å²) >= 11 is 1.68. The highest BCUT2D eigenvalue weighted by molar-refractivity contribution is 7.98. The van der Waals surface area contributed by atoms with Gasteiger partial charge in [-0.25, -0.2) is 0 Å². The van der Waals surface area contributed by atoms with E-state index in [1.165, 1.54) is 5.56 Å². The minimum atomic E-state index is 0. The van der Waals surface area contributed by atoms with Crippen LogP contribution in [0, 0.1) is 0 Å². The molecular formula is C12H19ClN2OS. The van der Waals surface area contributed by atoms with E-state index < -0.39 is 0 Å². The standard InChI is InChI=1S/C12H18N2OS.ClH/c1-13-9-10-3-5-11(6-4-10)14-12(15)7-8-16-2;/h3-6,13H,7-9H2,1-2H3,(H,14,15);1H. The molecule has 0 radical (unpaired) electrons. The summed E-state index contributed by atoms with van der Waals surface area (Å²) in [5.41, 5.74) is 2.08. The molecule has 0 spiro atoms. The van der Waals surface area contributed by atoms with Crippen LogP contribution in [0.1, 0.15) is 12.0 Å². The van der Waals surface area contributed by atoms with Crippen LogP contribution in [0.2, 0.25) is 0 Å². The van der Waals surface area contributed by atoms with Crippen molar-refractivity contribution in [2.75, 3.05) is 24.4 Å². The number of benzene rings is 1. The first-order valence-corrected chi connectivity index (χ1v) is 6.68. The highest BCUT2D eigenvalue weighted by Gasteiger charge is 2.01. The van der Waals surface area contributed by atoms with Gasteiger partial charge in [-0.3, -0.25) is 4.79 Å². The van der Waals surface area contributed by atoms with Crippen molar-refractivity contribution in [1.29, 1.82) is 0 Å². The number of nitrogens with one attached hydrogen (secondary N) is 2. The monoisotopic (exact) mass is 274 g/mol. The summed E-state index contributed by atoms with van der Waals surface area (Å²) in [4.78, 5) is 11.4. The summed E-state index contributed by atoms with van der Waals surface area (Å²) in [7, 11) is 1.91. The van der Waals surface area contributed by atoms with Crippen LogP contribution in [-0.4, -0.2) is 25.0 Å². The SMILES string of the molecule is CNCc1ccc(NC(=O)CCSC)cc1.Cl. The van der Waals surface area contributed by atoms with Gasteiger partial charge in [0.2, 0.25) is 5.91 Å². The first kappa shape index (κ1) is 16.3. The molecule has 5 heteroatoms. The zero-order valence-electron chi connectivity index (χ0n) is 10.2. The maximum Gasteiger partial charge on any atom is 0.225 e. The Morgan fingerprint density at radius 2 is 1.94 bits per heavy atom. The Hall–Kier alpha value is -0.710. The van der Waals surface area contributed by atoms with Crippen molar-refractivity contribution in [1.82, 2.24) is 5.32 Å². The molecule has 1 aromatic carbocycles. The van der Waals surface area contributed by atoms with Crippen molar-refractivity contribution in [3.8, 4) is 0 Å². The maximum atomic E-state index is 11.4. The zero-order valence-corrected chi connectivity index (χ0v) is 11.8. The van der Waals surface area contributed by atoms with Crippen LogP contribution in [0.15, 0.2) is 24.3 Å². The number of carbonyl (C=O) groups is 1. The van der Waals surface area contributed by atoms with E-state index in [0.717, 1.165) is 18.0 Å². The second-order valence-electron chi connectivity index (χ2n) is 3.52. The Morgan fingerprint density at radius 3 is 2.47 bits per heavy atom. The number of halogens is 1. The molecule has 0 fully saturated rings. The van der Waals surface area contributed by atoms with E-state index >= 15 is 0 Å². The molecule has 0 bridgehead atoms. The summed E-state index contributed by atoms with van der Waals surface area (Å²) in [5, 5.41) is 5.96. The minimum absolute atomic E-state index is 0. The molecule has 1 rings (SSSR count). The van der Waals surface area contributed by atoms with Gasteiger partial charge >= 0.3 is 0 Å². The van der Waals surface area contributed by atoms with Crippen LogP contribution in [0.5, 0.6) is 0 Å². The number of carbonyl (C=O) groups excluding carboxylic acids is 1. The molecule has 3 nitrogen and oxygen atoms in total. The Kier molecular flexibility index (Phi) is 8.94. The lowest BCUT2D eigenvalue weighted by Crippen LogP contribution is -2.12. The number of hydrogen-bond acceptors (Lipinski definition) is 3. The fourth-order valence-electron chi connectivity index (χ4n) is 1.33. The quantitative estimate of drug-likeness (QED) is 0.838. The number of hydrogen-bond donors (Lipinski definition) is 2. The first-order chi connectivity index (χ1) is 7.76. The molecule has 1 aromatic rings. The van der Waals surface area contributed by atoms with Gasteiger partial charge in [-0.2, -0.15) is 11.8 Å². The molecule has 0 aliphatic heterocycles. The smallest absolute Gasteiger partial charge is 0.225 e. The van der Waals surface area contributed by atoms with Crippen LogP contribution in [0.3, 0.4) is 0 Å². The van der Waals surface area contributed by atoms with E-state index in [1.54, 1.807) is 11.8 Å². The van der Waals surface area contributed by atoms with Gasteiger partial charge in [-0.15, -0.1) is 12.4 Å². The van der Waals surface area contributed by atoms with Crippen molar-refractivity contribution in [2.24, 2.45) is 0 Å². The van der Waals surface area contributed by atoms with E-state index in [4.69, 9.17) is 0 Å². The Morgan fingerprint density at radius 1 is 1.29 bits per heavy atom. The van der Waals surface area contributed by atoms with Gasteiger partial charge in [0.1, 0.15) is 0 Å². The van der Waals surface area contributed by atoms with Crippen LogP contribution in [0.25, 0.3) is 0 Å². The van der Waals surface area contributed by atoms with Gasteiger partial charge in [-0.05, 0) is 31.0 Å². The second kappa shape index (κ2) is 9.33. The normalized spacial score (nSPS) is 9.53. The van der Waals surface area contributed by atoms with Gasteiger partial charge in [0.05, 0.1) is 0 Å². The molecule has 17 heavy (non-hydrogen) atoms. The summed E-state index contributed by atoms with van der Waals surface area (Å²) in [6.45, 7) is 0.848. The van der Waals surface area contributed by atoms with Crippen LogP contribution in [0.4, 0.5) is 5.69 Å². The number of anilines is 1. The van der Waals surface area contributed by atoms with Gasteiger partial charge in [0, 0.05) is 24.4 Å². The molecular weight excluding hydrogens is 256 g/mol. The van der Waals surface area contributed by atoms with E-state index in [0.29, 0.717) is 6.42 Å². The minimum Gasteiger partial charge on any atom is -0.326 e. The predicted molar refractivity (Wildman–Crippen MR) is 78.1 cm³/mol. The first-order valence-electron chi connectivity index (χ1n) is 5.28. The van der Waals surface area contributed by atoms with Gasteiger partial charge in [0.25, 0.3) is 0 Å². The summed E-state index contributed by atoms with van der Waals surface area (Å²) < 4.78 is 0. The average molecular weight is 275 g/mol. The highest BCUT2D eigenvalue weighted by Crippen LogP contribution is 2.10. The zero-order chi connectivity index (χ0) is 11.8. The molecule has 96 valence electrons. The van der Waals surface area contributed by atoms with Crippen molar-refractivity contribution < 1.29 is 4.79 Å². The van der Waals surface area contributed by atoms with Gasteiger partial charge in [0.15, 0.2) is 0 Å². The van der Waals surface area contributed by atoms with E-state index in [9.17, 15) is 4.79 Å². The van der Waals surface area contributed by atoms with E-state index in [-0.39, 0.29) is 18.3 Å². The summed E-state index contributed by atoms with van der Waals surface area (Å²) in [6, 6.07) is 7.90.